The number of benzene rings is 1. The van der Waals surface area contributed by atoms with Crippen LogP contribution >= 0.6 is 0 Å². The van der Waals surface area contributed by atoms with E-state index in [1.54, 1.807) is 11.1 Å². The van der Waals surface area contributed by atoms with E-state index >= 15 is 0 Å². The van der Waals surface area contributed by atoms with Crippen LogP contribution in [0.4, 0.5) is 0 Å². The molecule has 0 spiro atoms. The Kier molecular flexibility index (Phi) is 4.97. The smallest absolute Gasteiger partial charge is 0.00536 e. The standard InChI is InChI=1S/C19H30N2/c1-15(2)12-20-13-16-7-9-21(10-8-16)14-18-11-17-5-3-4-6-19(17)18/h3-6,15-16,18,20H,7-14H2,1-2H3. The summed E-state index contributed by atoms with van der Waals surface area (Å²) in [6, 6.07) is 8.98. The molecule has 2 nitrogen and oxygen atoms in total. The highest BCUT2D eigenvalue weighted by atomic mass is 15.1. The van der Waals surface area contributed by atoms with Crippen molar-refractivity contribution in [3.8, 4) is 0 Å². The van der Waals surface area contributed by atoms with Gasteiger partial charge in [0.15, 0.2) is 0 Å². The molecule has 1 atom stereocenters. The van der Waals surface area contributed by atoms with Gasteiger partial charge in [-0.1, -0.05) is 38.1 Å². The molecule has 0 radical (unpaired) electrons. The molecule has 1 heterocycles. The van der Waals surface area contributed by atoms with Crippen molar-refractivity contribution < 1.29 is 0 Å². The molecule has 1 aromatic carbocycles. The first-order valence-electron chi connectivity index (χ1n) is 8.73. The van der Waals surface area contributed by atoms with Gasteiger partial charge in [0.05, 0.1) is 0 Å². The number of nitrogens with zero attached hydrogens (tertiary/aromatic N) is 1. The summed E-state index contributed by atoms with van der Waals surface area (Å²) in [5.41, 5.74) is 3.19. The van der Waals surface area contributed by atoms with Gasteiger partial charge >= 0.3 is 0 Å². The first-order chi connectivity index (χ1) is 10.2. The van der Waals surface area contributed by atoms with Crippen LogP contribution in [0.5, 0.6) is 0 Å². The minimum Gasteiger partial charge on any atom is -0.316 e. The van der Waals surface area contributed by atoms with Crippen molar-refractivity contribution in [2.45, 2.75) is 39.0 Å². The topological polar surface area (TPSA) is 15.3 Å². The number of piperidine rings is 1. The second kappa shape index (κ2) is 6.93. The Balaban J connectivity index is 1.37. The predicted octanol–water partition coefficient (Wildman–Crippen LogP) is 3.28. The van der Waals surface area contributed by atoms with Crippen LogP contribution in [0.15, 0.2) is 24.3 Å². The molecule has 1 aromatic rings. The average Bonchev–Trinajstić information content (AvgIpc) is 2.46. The molecule has 1 saturated heterocycles. The van der Waals surface area contributed by atoms with Gasteiger partial charge in [0, 0.05) is 12.5 Å². The van der Waals surface area contributed by atoms with Crippen molar-refractivity contribution in [3.05, 3.63) is 35.4 Å². The summed E-state index contributed by atoms with van der Waals surface area (Å²) in [7, 11) is 0. The highest BCUT2D eigenvalue weighted by Crippen LogP contribution is 2.35. The Bertz CT molecular complexity index is 447. The summed E-state index contributed by atoms with van der Waals surface area (Å²) in [5, 5.41) is 3.63. The van der Waals surface area contributed by atoms with Crippen LogP contribution in [0, 0.1) is 11.8 Å². The molecule has 21 heavy (non-hydrogen) atoms. The van der Waals surface area contributed by atoms with Crippen LogP contribution in [-0.4, -0.2) is 37.6 Å². The summed E-state index contributed by atoms with van der Waals surface area (Å²) in [4.78, 5) is 2.69. The molecule has 1 aliphatic carbocycles. The van der Waals surface area contributed by atoms with Crippen molar-refractivity contribution in [2.24, 2.45) is 11.8 Å². The van der Waals surface area contributed by atoms with Gasteiger partial charge in [0.1, 0.15) is 0 Å². The van der Waals surface area contributed by atoms with Gasteiger partial charge in [0.2, 0.25) is 0 Å². The fourth-order valence-electron chi connectivity index (χ4n) is 3.79. The molecular formula is C19H30N2. The second-order valence-corrected chi connectivity index (χ2v) is 7.40. The maximum Gasteiger partial charge on any atom is 0.00536 e. The lowest BCUT2D eigenvalue weighted by Crippen LogP contribution is -2.41. The highest BCUT2D eigenvalue weighted by molar-refractivity contribution is 5.40. The van der Waals surface area contributed by atoms with E-state index in [-0.39, 0.29) is 0 Å². The first kappa shape index (κ1) is 15.1. The molecule has 1 fully saturated rings. The SMILES string of the molecule is CC(C)CNCC1CCN(CC2Cc3ccccc32)CC1. The van der Waals surface area contributed by atoms with E-state index in [0.29, 0.717) is 0 Å². The van der Waals surface area contributed by atoms with Crippen molar-refractivity contribution in [1.82, 2.24) is 10.2 Å². The number of fused-ring (bicyclic) bond motifs is 1. The maximum absolute atomic E-state index is 3.63. The minimum atomic E-state index is 0.767. The number of likely N-dealkylation sites (tertiary alicyclic amines) is 1. The normalized spacial score (nSPS) is 23.1. The largest absolute Gasteiger partial charge is 0.316 e. The van der Waals surface area contributed by atoms with Crippen LogP contribution < -0.4 is 5.32 Å². The van der Waals surface area contributed by atoms with Crippen LogP contribution in [0.3, 0.4) is 0 Å². The summed E-state index contributed by atoms with van der Waals surface area (Å²) < 4.78 is 0. The van der Waals surface area contributed by atoms with Gasteiger partial charge in [-0.15, -0.1) is 0 Å². The Morgan fingerprint density at radius 1 is 1.19 bits per heavy atom. The Labute approximate surface area is 129 Å². The number of hydrogen-bond acceptors (Lipinski definition) is 2. The zero-order valence-electron chi connectivity index (χ0n) is 13.6. The van der Waals surface area contributed by atoms with Crippen molar-refractivity contribution in [1.29, 1.82) is 0 Å². The molecular weight excluding hydrogens is 256 g/mol. The number of rotatable bonds is 6. The fourth-order valence-corrected chi connectivity index (χ4v) is 3.79. The average molecular weight is 286 g/mol. The summed E-state index contributed by atoms with van der Waals surface area (Å²) in [5.74, 6) is 2.47. The summed E-state index contributed by atoms with van der Waals surface area (Å²) in [6.07, 6.45) is 4.05. The molecule has 0 amide bonds. The van der Waals surface area contributed by atoms with Gasteiger partial charge in [-0.2, -0.15) is 0 Å². The third-order valence-electron chi connectivity index (χ3n) is 5.13. The van der Waals surface area contributed by atoms with E-state index in [1.165, 1.54) is 52.0 Å². The van der Waals surface area contributed by atoms with Gasteiger partial charge < -0.3 is 10.2 Å². The van der Waals surface area contributed by atoms with Crippen LogP contribution in [-0.2, 0) is 6.42 Å². The van der Waals surface area contributed by atoms with E-state index in [9.17, 15) is 0 Å². The lowest BCUT2D eigenvalue weighted by atomic mass is 9.77. The fraction of sp³-hybridized carbons (Fsp3) is 0.684. The van der Waals surface area contributed by atoms with E-state index < -0.39 is 0 Å². The van der Waals surface area contributed by atoms with Gasteiger partial charge in [-0.05, 0) is 68.4 Å². The molecule has 0 aromatic heterocycles. The van der Waals surface area contributed by atoms with Crippen LogP contribution in [0.1, 0.15) is 43.7 Å². The minimum absolute atomic E-state index is 0.767. The molecule has 1 aliphatic heterocycles. The van der Waals surface area contributed by atoms with Gasteiger partial charge in [-0.25, -0.2) is 0 Å². The Hall–Kier alpha value is -0.860. The lowest BCUT2D eigenvalue weighted by molar-refractivity contribution is 0.168. The first-order valence-corrected chi connectivity index (χ1v) is 8.73. The summed E-state index contributed by atoms with van der Waals surface area (Å²) in [6.45, 7) is 10.8. The summed E-state index contributed by atoms with van der Waals surface area (Å²) >= 11 is 0. The quantitative estimate of drug-likeness (QED) is 0.863. The zero-order chi connectivity index (χ0) is 14.7. The molecule has 2 heteroatoms. The van der Waals surface area contributed by atoms with E-state index in [4.69, 9.17) is 0 Å². The van der Waals surface area contributed by atoms with Crippen LogP contribution in [0.25, 0.3) is 0 Å². The third-order valence-corrected chi connectivity index (χ3v) is 5.13. The maximum atomic E-state index is 3.63. The highest BCUT2D eigenvalue weighted by Gasteiger charge is 2.28. The van der Waals surface area contributed by atoms with Crippen molar-refractivity contribution in [3.63, 3.8) is 0 Å². The molecule has 2 aliphatic rings. The molecule has 0 saturated carbocycles. The third kappa shape index (κ3) is 3.87. The molecule has 0 bridgehead atoms. The molecule has 116 valence electrons. The second-order valence-electron chi connectivity index (χ2n) is 7.40. The number of nitrogens with one attached hydrogen (secondary N) is 1. The molecule has 1 unspecified atom stereocenters. The van der Waals surface area contributed by atoms with Gasteiger partial charge in [-0.3, -0.25) is 0 Å². The monoisotopic (exact) mass is 286 g/mol. The Morgan fingerprint density at radius 2 is 1.95 bits per heavy atom. The number of hydrogen-bond donors (Lipinski definition) is 1. The molecule has 3 rings (SSSR count). The van der Waals surface area contributed by atoms with Crippen LogP contribution in [0.2, 0.25) is 0 Å². The molecule has 1 N–H and O–H groups in total. The van der Waals surface area contributed by atoms with E-state index in [0.717, 1.165) is 17.8 Å². The van der Waals surface area contributed by atoms with Gasteiger partial charge in [0.25, 0.3) is 0 Å². The van der Waals surface area contributed by atoms with Crippen molar-refractivity contribution in [2.75, 3.05) is 32.7 Å². The lowest BCUT2D eigenvalue weighted by Gasteiger charge is -2.38. The Morgan fingerprint density at radius 3 is 2.67 bits per heavy atom. The van der Waals surface area contributed by atoms with Crippen molar-refractivity contribution >= 4 is 0 Å². The zero-order valence-corrected chi connectivity index (χ0v) is 13.6. The predicted molar refractivity (Wildman–Crippen MR) is 89.8 cm³/mol. The van der Waals surface area contributed by atoms with E-state index in [2.05, 4.69) is 48.3 Å². The van der Waals surface area contributed by atoms with E-state index in [1.807, 2.05) is 0 Å².